The molecule has 1 rings (SSSR count). The van der Waals surface area contributed by atoms with Crippen LogP contribution in [0.1, 0.15) is 52.9 Å². The van der Waals surface area contributed by atoms with Crippen LogP contribution in [-0.2, 0) is 0 Å². The molecule has 2 heteroatoms. The molecule has 0 bridgehead atoms. The number of likely N-dealkylation sites (N-methyl/N-ethyl adjacent to an activating group) is 1. The Balaban J connectivity index is 2.42. The van der Waals surface area contributed by atoms with Gasteiger partial charge in [-0.3, -0.25) is 0 Å². The number of hydrogen-bond acceptors (Lipinski definition) is 2. The summed E-state index contributed by atoms with van der Waals surface area (Å²) in [5.41, 5.74) is 1.68. The molecule has 1 unspecified atom stereocenters. The van der Waals surface area contributed by atoms with Gasteiger partial charge in [-0.05, 0) is 43.9 Å². The van der Waals surface area contributed by atoms with Crippen LogP contribution in [0.5, 0.6) is 0 Å². The van der Waals surface area contributed by atoms with E-state index in [-0.39, 0.29) is 0 Å². The first kappa shape index (κ1) is 15.1. The third-order valence-corrected chi connectivity index (χ3v) is 4.68. The van der Waals surface area contributed by atoms with E-state index in [1.54, 1.807) is 5.57 Å². The lowest BCUT2D eigenvalue weighted by Gasteiger charge is -2.21. The van der Waals surface area contributed by atoms with Crippen LogP contribution in [0.25, 0.3) is 0 Å². The highest BCUT2D eigenvalue weighted by molar-refractivity contribution is 7.99. The van der Waals surface area contributed by atoms with Gasteiger partial charge in [0.1, 0.15) is 0 Å². The zero-order valence-electron chi connectivity index (χ0n) is 11.8. The number of allylic oxidation sites excluding steroid dienone is 1. The van der Waals surface area contributed by atoms with Crippen LogP contribution in [0.4, 0.5) is 0 Å². The highest BCUT2D eigenvalue weighted by Gasteiger charge is 2.14. The van der Waals surface area contributed by atoms with Crippen molar-refractivity contribution in [2.75, 3.05) is 18.1 Å². The molecule has 0 aromatic carbocycles. The number of rotatable bonds is 7. The van der Waals surface area contributed by atoms with Crippen molar-refractivity contribution in [3.63, 3.8) is 0 Å². The summed E-state index contributed by atoms with van der Waals surface area (Å²) in [4.78, 5) is 0. The minimum absolute atomic E-state index is 0.627. The van der Waals surface area contributed by atoms with Gasteiger partial charge in [0.25, 0.3) is 0 Å². The van der Waals surface area contributed by atoms with Gasteiger partial charge in [0.05, 0.1) is 0 Å². The first-order valence-corrected chi connectivity index (χ1v) is 8.39. The molecule has 0 spiro atoms. The molecule has 1 N–H and O–H groups in total. The molecule has 1 nitrogen and oxygen atoms in total. The molecule has 1 aliphatic carbocycles. The Morgan fingerprint density at radius 1 is 1.24 bits per heavy atom. The SMILES string of the molecule is CCNC(CSCC(C)C)C1=CCCCCC1. The van der Waals surface area contributed by atoms with Gasteiger partial charge >= 0.3 is 0 Å². The van der Waals surface area contributed by atoms with Gasteiger partial charge in [0, 0.05) is 11.8 Å². The quantitative estimate of drug-likeness (QED) is 0.683. The van der Waals surface area contributed by atoms with Gasteiger partial charge < -0.3 is 5.32 Å². The minimum Gasteiger partial charge on any atom is -0.310 e. The normalized spacial score (nSPS) is 18.9. The number of hydrogen-bond donors (Lipinski definition) is 1. The second kappa shape index (κ2) is 9.04. The molecule has 0 radical (unpaired) electrons. The van der Waals surface area contributed by atoms with Crippen LogP contribution >= 0.6 is 11.8 Å². The largest absolute Gasteiger partial charge is 0.310 e. The molecule has 1 aliphatic rings. The fraction of sp³-hybridized carbons (Fsp3) is 0.867. The van der Waals surface area contributed by atoms with Crippen molar-refractivity contribution < 1.29 is 0 Å². The Kier molecular flexibility index (Phi) is 8.04. The highest BCUT2D eigenvalue weighted by Crippen LogP contribution is 2.22. The van der Waals surface area contributed by atoms with E-state index < -0.39 is 0 Å². The Morgan fingerprint density at radius 2 is 2.06 bits per heavy atom. The highest BCUT2D eigenvalue weighted by atomic mass is 32.2. The summed E-state index contributed by atoms with van der Waals surface area (Å²) in [6.07, 6.45) is 9.32. The molecule has 0 aromatic heterocycles. The maximum Gasteiger partial charge on any atom is 0.0370 e. The second-order valence-electron chi connectivity index (χ2n) is 5.42. The first-order valence-electron chi connectivity index (χ1n) is 7.24. The fourth-order valence-corrected chi connectivity index (χ4v) is 3.50. The summed E-state index contributed by atoms with van der Waals surface area (Å²) in [5.74, 6) is 3.35. The van der Waals surface area contributed by atoms with Crippen molar-refractivity contribution in [3.05, 3.63) is 11.6 Å². The van der Waals surface area contributed by atoms with Gasteiger partial charge in [-0.1, -0.05) is 38.8 Å². The molecule has 17 heavy (non-hydrogen) atoms. The van der Waals surface area contributed by atoms with Crippen LogP contribution in [0.15, 0.2) is 11.6 Å². The molecule has 0 aromatic rings. The van der Waals surface area contributed by atoms with E-state index in [2.05, 4.69) is 43.9 Å². The molecule has 0 saturated carbocycles. The van der Waals surface area contributed by atoms with Crippen molar-refractivity contribution in [1.29, 1.82) is 0 Å². The maximum absolute atomic E-state index is 3.66. The Morgan fingerprint density at radius 3 is 2.76 bits per heavy atom. The summed E-state index contributed by atoms with van der Waals surface area (Å²) in [7, 11) is 0. The van der Waals surface area contributed by atoms with Gasteiger partial charge in [-0.2, -0.15) is 11.8 Å². The average Bonchev–Trinajstić information content (AvgIpc) is 2.56. The number of nitrogens with one attached hydrogen (secondary N) is 1. The monoisotopic (exact) mass is 255 g/mol. The topological polar surface area (TPSA) is 12.0 Å². The molecule has 0 aliphatic heterocycles. The van der Waals surface area contributed by atoms with Crippen molar-refractivity contribution in [2.24, 2.45) is 5.92 Å². The van der Waals surface area contributed by atoms with Gasteiger partial charge in [0.2, 0.25) is 0 Å². The van der Waals surface area contributed by atoms with Crippen molar-refractivity contribution in [3.8, 4) is 0 Å². The van der Waals surface area contributed by atoms with E-state index in [0.717, 1.165) is 12.5 Å². The van der Waals surface area contributed by atoms with E-state index in [4.69, 9.17) is 0 Å². The Hall–Kier alpha value is 0.0500. The molecule has 100 valence electrons. The molecule has 0 heterocycles. The maximum atomic E-state index is 3.66. The van der Waals surface area contributed by atoms with Crippen LogP contribution in [0.2, 0.25) is 0 Å². The zero-order chi connectivity index (χ0) is 12.5. The fourth-order valence-electron chi connectivity index (χ4n) is 2.32. The lowest BCUT2D eigenvalue weighted by atomic mass is 10.0. The van der Waals surface area contributed by atoms with Gasteiger partial charge in [-0.25, -0.2) is 0 Å². The summed E-state index contributed by atoms with van der Waals surface area (Å²) in [6.45, 7) is 7.92. The van der Waals surface area contributed by atoms with Gasteiger partial charge in [0.15, 0.2) is 0 Å². The summed E-state index contributed by atoms with van der Waals surface area (Å²) in [6, 6.07) is 0.627. The lowest BCUT2D eigenvalue weighted by Crippen LogP contribution is -2.33. The molecule has 0 amide bonds. The first-order chi connectivity index (χ1) is 8.24. The Bertz CT molecular complexity index is 223. The van der Waals surface area contributed by atoms with Crippen LogP contribution in [-0.4, -0.2) is 24.1 Å². The van der Waals surface area contributed by atoms with Crippen molar-refractivity contribution >= 4 is 11.8 Å². The average molecular weight is 255 g/mol. The van der Waals surface area contributed by atoms with Crippen molar-refractivity contribution in [2.45, 2.75) is 58.9 Å². The zero-order valence-corrected chi connectivity index (χ0v) is 12.6. The second-order valence-corrected chi connectivity index (χ2v) is 6.49. The standard InChI is InChI=1S/C15H29NS/c1-4-16-15(12-17-11-13(2)3)14-9-7-5-6-8-10-14/h9,13,15-16H,4-8,10-12H2,1-3H3. The predicted octanol–water partition coefficient (Wildman–Crippen LogP) is 4.24. The van der Waals surface area contributed by atoms with E-state index in [1.807, 2.05) is 0 Å². The molecular weight excluding hydrogens is 226 g/mol. The molecule has 0 fully saturated rings. The Labute approximate surface area is 112 Å². The smallest absolute Gasteiger partial charge is 0.0370 e. The van der Waals surface area contributed by atoms with E-state index in [1.165, 1.54) is 43.6 Å². The summed E-state index contributed by atoms with van der Waals surface area (Å²) >= 11 is 2.11. The third-order valence-electron chi connectivity index (χ3n) is 3.21. The van der Waals surface area contributed by atoms with Gasteiger partial charge in [-0.15, -0.1) is 0 Å². The third kappa shape index (κ3) is 6.52. The molecular formula is C15H29NS. The predicted molar refractivity (Wildman–Crippen MR) is 80.8 cm³/mol. The van der Waals surface area contributed by atoms with E-state index in [9.17, 15) is 0 Å². The van der Waals surface area contributed by atoms with Crippen LogP contribution in [0.3, 0.4) is 0 Å². The number of thioether (sulfide) groups is 1. The van der Waals surface area contributed by atoms with E-state index in [0.29, 0.717) is 6.04 Å². The molecule has 0 saturated heterocycles. The lowest BCUT2D eigenvalue weighted by molar-refractivity contribution is 0.607. The van der Waals surface area contributed by atoms with Crippen LogP contribution in [0, 0.1) is 5.92 Å². The molecule has 1 atom stereocenters. The summed E-state index contributed by atoms with van der Waals surface area (Å²) < 4.78 is 0. The van der Waals surface area contributed by atoms with Crippen LogP contribution < -0.4 is 5.32 Å². The van der Waals surface area contributed by atoms with Crippen molar-refractivity contribution in [1.82, 2.24) is 5.32 Å². The van der Waals surface area contributed by atoms with E-state index >= 15 is 0 Å². The minimum atomic E-state index is 0.627. The summed E-state index contributed by atoms with van der Waals surface area (Å²) in [5, 5.41) is 3.66.